The second-order valence-electron chi connectivity index (χ2n) is 26.6. The summed E-state index contributed by atoms with van der Waals surface area (Å²) in [6, 6.07) is 36.4. The summed E-state index contributed by atoms with van der Waals surface area (Å²) >= 11 is 44.8. The first-order chi connectivity index (χ1) is 52.6. The number of hydrazone groups is 1. The minimum Gasteiger partial charge on any atom is -0.508 e. The van der Waals surface area contributed by atoms with E-state index in [0.717, 1.165) is 46.8 Å². The maximum Gasteiger partial charge on any atom is 0.282 e. The lowest BCUT2D eigenvalue weighted by molar-refractivity contribution is -0.123. The number of hydrogen-bond donors (Lipinski definition) is 5. The quantitative estimate of drug-likeness (QED) is 0.0208. The Hall–Kier alpha value is -9.72. The molecular weight excluding hydrogens is 1550 g/mol. The molecule has 3 unspecified atom stereocenters. The number of hydrogen-bond acceptors (Lipinski definition) is 17. The predicted octanol–water partition coefficient (Wildman–Crippen LogP) is 21.3. The third-order valence-corrected chi connectivity index (χ3v) is 19.1. The Balaban J connectivity index is 0.000000264. The fourth-order valence-electron chi connectivity index (χ4n) is 11.6. The molecule has 110 heavy (non-hydrogen) atoms. The Morgan fingerprint density at radius 2 is 1.19 bits per heavy atom. The zero-order valence-corrected chi connectivity index (χ0v) is 67.1. The lowest BCUT2D eigenvalue weighted by atomic mass is 9.86. The van der Waals surface area contributed by atoms with Crippen molar-refractivity contribution in [1.82, 2.24) is 10.7 Å². The fraction of sp³-hybridized carbons (Fsp3) is 0.312. The van der Waals surface area contributed by atoms with Crippen LogP contribution in [0.4, 0.5) is 39.8 Å². The molecule has 1 fully saturated rings. The average molecular weight is 1640 g/mol. The number of phenolic OH excluding ortho intramolecular Hbond substituents is 1. The van der Waals surface area contributed by atoms with E-state index in [1.165, 1.54) is 96.3 Å². The summed E-state index contributed by atoms with van der Waals surface area (Å²) in [6.07, 6.45) is 11.2. The zero-order chi connectivity index (χ0) is 79.3. The normalized spacial score (nSPS) is 14.8. The number of amidine groups is 2. The molecule has 2 aliphatic heterocycles. The first-order valence-electron chi connectivity index (χ1n) is 35.3. The number of nitrogens with one attached hydrogen (secondary N) is 4. The molecule has 578 valence electrons. The summed E-state index contributed by atoms with van der Waals surface area (Å²) in [5.41, 5.74) is 7.43. The van der Waals surface area contributed by atoms with E-state index in [-0.39, 0.29) is 93.1 Å². The largest absolute Gasteiger partial charge is 0.508 e. The van der Waals surface area contributed by atoms with Crippen LogP contribution in [0.2, 0.25) is 35.2 Å². The van der Waals surface area contributed by atoms with Gasteiger partial charge >= 0.3 is 0 Å². The van der Waals surface area contributed by atoms with E-state index >= 15 is 0 Å². The second kappa shape index (κ2) is 39.8. The molecule has 0 bridgehead atoms. The Labute approximate surface area is 673 Å². The first-order valence-corrected chi connectivity index (χ1v) is 37.9. The van der Waals surface area contributed by atoms with Crippen LogP contribution in [0.15, 0.2) is 176 Å². The molecule has 2 heterocycles. The number of ether oxygens (including phenoxy) is 5. The van der Waals surface area contributed by atoms with Crippen LogP contribution in [-0.2, 0) is 24.6 Å². The van der Waals surface area contributed by atoms with Gasteiger partial charge in [-0.1, -0.05) is 190 Å². The molecule has 23 nitrogen and oxygen atoms in total. The van der Waals surface area contributed by atoms with Crippen LogP contribution in [0.25, 0.3) is 0 Å². The van der Waals surface area contributed by atoms with Crippen LogP contribution in [0, 0.1) is 13.8 Å². The average Bonchev–Trinajstić information content (AvgIpc) is 1.63. The van der Waals surface area contributed by atoms with Crippen molar-refractivity contribution in [2.45, 2.75) is 136 Å². The van der Waals surface area contributed by atoms with Crippen LogP contribution in [0.3, 0.4) is 0 Å². The number of unbranched alkanes of at least 4 members (excludes halogenated alkanes) is 9. The highest BCUT2D eigenvalue weighted by Crippen LogP contribution is 2.42. The highest BCUT2D eigenvalue weighted by atomic mass is 35.5. The molecule has 10 rings (SSSR count). The van der Waals surface area contributed by atoms with E-state index < -0.39 is 41.8 Å². The molecule has 1 saturated heterocycles. The zero-order valence-electron chi connectivity index (χ0n) is 61.8. The van der Waals surface area contributed by atoms with Crippen molar-refractivity contribution in [3.63, 3.8) is 0 Å². The van der Waals surface area contributed by atoms with Crippen LogP contribution in [-0.4, -0.2) is 92.4 Å². The van der Waals surface area contributed by atoms with Gasteiger partial charge in [-0.2, -0.15) is 25.5 Å². The third-order valence-electron chi connectivity index (χ3n) is 17.2. The van der Waals surface area contributed by atoms with Gasteiger partial charge in [-0.3, -0.25) is 29.4 Å². The number of benzene rings is 8. The van der Waals surface area contributed by atoms with Gasteiger partial charge in [-0.25, -0.2) is 10.0 Å². The number of azo groups is 2. The van der Waals surface area contributed by atoms with E-state index in [9.17, 15) is 29.1 Å². The number of carbonyl (C=O) groups excluding carboxylic acids is 5. The molecule has 2 aliphatic rings. The molecule has 0 aromatic heterocycles. The van der Waals surface area contributed by atoms with Crippen LogP contribution >= 0.6 is 81.2 Å². The summed E-state index contributed by atoms with van der Waals surface area (Å²) in [5, 5.41) is 43.5. The SMILES string of the molecule is CCCCCCCCCCCCC(Oc1ccc(O)c(C(C)(C)C)c1)C(=O)Nc1ccc(Cl)c(N=C2NN(c3c(Cl)cc(Cl)cc3Cl)C(=O)C2N=Nc2ccc(OC)c(OC)c2)c1.COc1ccc(N=NC2C(=O)N(c3c(Cl)cc(Cl)cc3Cl)N=C2NC(=O)c2cccc(NC(=O)COc3ccc(C)cc3C)c2)cc1. The van der Waals surface area contributed by atoms with Crippen molar-refractivity contribution in [3.8, 4) is 34.5 Å². The van der Waals surface area contributed by atoms with E-state index in [1.54, 1.807) is 97.1 Å². The van der Waals surface area contributed by atoms with Crippen LogP contribution < -0.4 is 55.1 Å². The molecule has 3 atom stereocenters. The summed E-state index contributed by atoms with van der Waals surface area (Å²) in [4.78, 5) is 72.5. The molecule has 0 radical (unpaired) electrons. The number of nitrogens with zero attached hydrogens (tertiary/aromatic N) is 8. The predicted molar refractivity (Wildman–Crippen MR) is 436 cm³/mol. The van der Waals surface area contributed by atoms with Gasteiger partial charge in [-0.05, 0) is 159 Å². The minimum absolute atomic E-state index is 0.0424. The summed E-state index contributed by atoms with van der Waals surface area (Å²) in [7, 11) is 4.55. The highest BCUT2D eigenvalue weighted by Gasteiger charge is 2.42. The van der Waals surface area contributed by atoms with Gasteiger partial charge in [-0.15, -0.1) is 5.10 Å². The Morgan fingerprint density at radius 3 is 1.83 bits per heavy atom. The monoisotopic (exact) mass is 1630 g/mol. The number of carbonyl (C=O) groups is 5. The number of halogens is 7. The van der Waals surface area contributed by atoms with Gasteiger partial charge < -0.3 is 44.7 Å². The van der Waals surface area contributed by atoms with Crippen molar-refractivity contribution in [2.75, 3.05) is 48.6 Å². The van der Waals surface area contributed by atoms with Gasteiger partial charge in [0.05, 0.1) is 63.5 Å². The van der Waals surface area contributed by atoms with E-state index in [1.807, 2.05) is 46.8 Å². The molecule has 8 aromatic carbocycles. The van der Waals surface area contributed by atoms with E-state index in [4.69, 9.17) is 110 Å². The van der Waals surface area contributed by atoms with E-state index in [0.29, 0.717) is 63.5 Å². The first kappa shape index (κ1) is 84.3. The lowest BCUT2D eigenvalue weighted by Crippen LogP contribution is -2.39. The lowest BCUT2D eigenvalue weighted by Gasteiger charge is -2.23. The summed E-state index contributed by atoms with van der Waals surface area (Å²) < 4.78 is 27.9. The number of rotatable bonds is 30. The molecule has 5 N–H and O–H groups in total. The van der Waals surface area contributed by atoms with E-state index in [2.05, 4.69) is 53.9 Å². The Morgan fingerprint density at radius 1 is 0.591 bits per heavy atom. The van der Waals surface area contributed by atoms with Crippen molar-refractivity contribution < 1.29 is 52.8 Å². The van der Waals surface area contributed by atoms with Gasteiger partial charge in [0.15, 0.2) is 35.9 Å². The smallest absolute Gasteiger partial charge is 0.282 e. The number of phenols is 1. The maximum atomic E-state index is 14.1. The van der Waals surface area contributed by atoms with Gasteiger partial charge in [0.25, 0.3) is 29.5 Å². The molecule has 5 amide bonds. The highest BCUT2D eigenvalue weighted by molar-refractivity contribution is 6.44. The minimum atomic E-state index is -1.35. The standard InChI is InChI=1S/C47H56Cl4N6O6.C33H27Cl3N6O5/c1-7-8-9-10-11-12-13-14-15-16-17-40(63-32-20-22-38(58)33(28-32)47(2,3)4)45(59)52-30-18-21-34(49)37(26-30)53-44-42(55-54-31-19-23-39(61-5)41(27-31)62-6)46(60)57(56-44)43-35(50)24-29(48)25-36(43)51;1-18-7-12-27(19(2)13-18)47-17-28(43)37-23-6-4-5-20(14-23)32(44)38-31-29(40-39-22-8-10-24(46-3)11-9-22)33(45)42(41-31)30-25(35)15-21(34)16-26(30)36/h18-28,40,42,58H,7-17H2,1-6H3,(H,52,59)(H,53,56);4-16,29H,17H2,1-3H3,(H,37,43)(H,38,41,44). The summed E-state index contributed by atoms with van der Waals surface area (Å²) in [5.74, 6) is -0.0188. The molecular formula is C80H83Cl7N12O11. The molecule has 30 heteroatoms. The number of aliphatic imine (C=N–C) groups is 1. The topological polar surface area (TPSA) is 280 Å². The van der Waals surface area contributed by atoms with Gasteiger partial charge in [0.1, 0.15) is 34.4 Å². The maximum absolute atomic E-state index is 14.1. The van der Waals surface area contributed by atoms with Crippen molar-refractivity contribution in [1.29, 1.82) is 0 Å². The number of anilines is 4. The van der Waals surface area contributed by atoms with Crippen molar-refractivity contribution in [3.05, 3.63) is 203 Å². The molecule has 0 saturated carbocycles. The number of aryl methyl sites for hydroxylation is 2. The molecule has 0 aliphatic carbocycles. The number of hydrazine groups is 1. The number of amides is 5. The van der Waals surface area contributed by atoms with Crippen LogP contribution in [0.5, 0.6) is 34.5 Å². The fourth-order valence-corrected chi connectivity index (χ4v) is 13.7. The molecule has 8 aromatic rings. The number of aromatic hydroxyl groups is 1. The Kier molecular flexibility index (Phi) is 30.5. The summed E-state index contributed by atoms with van der Waals surface area (Å²) in [6.45, 7) is 11.9. The van der Waals surface area contributed by atoms with Gasteiger partial charge in [0, 0.05) is 38.6 Å². The van der Waals surface area contributed by atoms with Gasteiger partial charge in [0.2, 0.25) is 12.1 Å². The Bertz CT molecular complexity index is 4740. The van der Waals surface area contributed by atoms with Crippen molar-refractivity contribution in [2.24, 2.45) is 30.6 Å². The van der Waals surface area contributed by atoms with Crippen LogP contribution in [0.1, 0.15) is 125 Å². The van der Waals surface area contributed by atoms with Crippen molar-refractivity contribution >= 4 is 162 Å². The second-order valence-corrected chi connectivity index (χ2v) is 29.5. The molecule has 0 spiro atoms. The third kappa shape index (κ3) is 23.0. The number of methoxy groups -OCH3 is 3.